The van der Waals surface area contributed by atoms with Gasteiger partial charge in [-0.3, -0.25) is 4.79 Å². The van der Waals surface area contributed by atoms with Gasteiger partial charge in [0.25, 0.3) is 5.91 Å². The lowest BCUT2D eigenvalue weighted by atomic mass is 9.95. The van der Waals surface area contributed by atoms with Gasteiger partial charge in [0, 0.05) is 30.6 Å². The maximum Gasteiger partial charge on any atom is 0.253 e. The molecule has 0 spiro atoms. The fourth-order valence-corrected chi connectivity index (χ4v) is 6.59. The molecule has 2 heterocycles. The molecule has 1 amide bonds. The summed E-state index contributed by atoms with van der Waals surface area (Å²) in [5, 5.41) is 0. The van der Waals surface area contributed by atoms with Crippen LogP contribution in [0.25, 0.3) is 0 Å². The number of halogens is 1. The van der Waals surface area contributed by atoms with Crippen molar-refractivity contribution in [3.8, 4) is 0 Å². The molecule has 3 nitrogen and oxygen atoms in total. The number of amides is 1. The van der Waals surface area contributed by atoms with Crippen molar-refractivity contribution in [2.45, 2.75) is 23.0 Å². The average Bonchev–Trinajstić information content (AvgIpc) is 3.10. The van der Waals surface area contributed by atoms with Crippen molar-refractivity contribution in [3.05, 3.63) is 71.3 Å². The van der Waals surface area contributed by atoms with E-state index < -0.39 is 0 Å². The molecule has 2 fully saturated rings. The molecule has 2 aromatic carbocycles. The molecular formula is C21H25ClN2OS2. The zero-order chi connectivity index (χ0) is 17.9. The molecule has 144 valence electrons. The van der Waals surface area contributed by atoms with Crippen molar-refractivity contribution >= 4 is 41.8 Å². The van der Waals surface area contributed by atoms with E-state index in [1.54, 1.807) is 0 Å². The SMILES string of the molecule is Cl.N[C@@H]1CN(C(=O)c2ccc(C3SCCCS3)cc2)C[C@H]1c1ccccc1. The molecule has 2 atom stereocenters. The van der Waals surface area contributed by atoms with E-state index in [1.807, 2.05) is 58.8 Å². The van der Waals surface area contributed by atoms with Crippen LogP contribution in [0.3, 0.4) is 0 Å². The molecule has 2 N–H and O–H groups in total. The second-order valence-electron chi connectivity index (χ2n) is 6.94. The van der Waals surface area contributed by atoms with Gasteiger partial charge in [-0.05, 0) is 41.2 Å². The van der Waals surface area contributed by atoms with E-state index in [0.717, 1.165) is 5.56 Å². The first-order chi connectivity index (χ1) is 12.7. The number of thioether (sulfide) groups is 2. The Kier molecular flexibility index (Phi) is 7.15. The molecule has 27 heavy (non-hydrogen) atoms. The Morgan fingerprint density at radius 3 is 2.26 bits per heavy atom. The van der Waals surface area contributed by atoms with Crippen molar-refractivity contribution in [3.63, 3.8) is 0 Å². The monoisotopic (exact) mass is 420 g/mol. The Labute approximate surface area is 175 Å². The van der Waals surface area contributed by atoms with E-state index in [1.165, 1.54) is 29.1 Å². The number of rotatable bonds is 3. The number of carbonyl (C=O) groups excluding carboxylic acids is 1. The van der Waals surface area contributed by atoms with Gasteiger partial charge in [-0.25, -0.2) is 0 Å². The van der Waals surface area contributed by atoms with Crippen molar-refractivity contribution in [1.82, 2.24) is 4.90 Å². The summed E-state index contributed by atoms with van der Waals surface area (Å²) in [6.45, 7) is 1.31. The highest BCUT2D eigenvalue weighted by molar-refractivity contribution is 8.16. The summed E-state index contributed by atoms with van der Waals surface area (Å²) < 4.78 is 0.510. The maximum atomic E-state index is 12.9. The molecule has 2 aliphatic heterocycles. The van der Waals surface area contributed by atoms with Crippen molar-refractivity contribution < 1.29 is 4.79 Å². The number of nitrogens with zero attached hydrogens (tertiary/aromatic N) is 1. The molecule has 0 saturated carbocycles. The van der Waals surface area contributed by atoms with Gasteiger partial charge < -0.3 is 10.6 Å². The molecule has 0 radical (unpaired) electrons. The molecule has 0 bridgehead atoms. The minimum absolute atomic E-state index is 0. The minimum atomic E-state index is -0.00402. The zero-order valence-electron chi connectivity index (χ0n) is 15.1. The highest BCUT2D eigenvalue weighted by Crippen LogP contribution is 2.43. The van der Waals surface area contributed by atoms with Crippen LogP contribution in [0.1, 0.15) is 38.4 Å². The van der Waals surface area contributed by atoms with Crippen LogP contribution in [0, 0.1) is 0 Å². The Morgan fingerprint density at radius 1 is 0.926 bits per heavy atom. The number of carbonyl (C=O) groups is 1. The molecule has 2 saturated heterocycles. The van der Waals surface area contributed by atoms with Gasteiger partial charge in [0.1, 0.15) is 0 Å². The van der Waals surface area contributed by atoms with Crippen LogP contribution < -0.4 is 5.73 Å². The molecule has 0 aliphatic carbocycles. The maximum absolute atomic E-state index is 12.9. The third-order valence-electron chi connectivity index (χ3n) is 5.14. The molecule has 2 aromatic rings. The highest BCUT2D eigenvalue weighted by atomic mass is 35.5. The van der Waals surface area contributed by atoms with Crippen LogP contribution in [0.15, 0.2) is 54.6 Å². The largest absolute Gasteiger partial charge is 0.336 e. The number of likely N-dealkylation sites (tertiary alicyclic amines) is 1. The normalized spacial score (nSPS) is 23.1. The van der Waals surface area contributed by atoms with Crippen molar-refractivity contribution in [2.75, 3.05) is 24.6 Å². The second-order valence-corrected chi connectivity index (χ2v) is 9.66. The molecular weight excluding hydrogens is 396 g/mol. The lowest BCUT2D eigenvalue weighted by Gasteiger charge is -2.21. The van der Waals surface area contributed by atoms with Crippen LogP contribution in [0.2, 0.25) is 0 Å². The highest BCUT2D eigenvalue weighted by Gasteiger charge is 2.34. The molecule has 6 heteroatoms. The first-order valence-electron chi connectivity index (χ1n) is 9.15. The fraction of sp³-hybridized carbons (Fsp3) is 0.381. The summed E-state index contributed by atoms with van der Waals surface area (Å²) in [5.41, 5.74) is 9.64. The third-order valence-corrected chi connectivity index (χ3v) is 8.15. The van der Waals surface area contributed by atoms with Gasteiger partial charge in [-0.2, -0.15) is 0 Å². The topological polar surface area (TPSA) is 46.3 Å². The van der Waals surface area contributed by atoms with Crippen LogP contribution in [0.4, 0.5) is 0 Å². The average molecular weight is 421 g/mol. The quantitative estimate of drug-likeness (QED) is 0.791. The molecule has 0 aromatic heterocycles. The summed E-state index contributed by atoms with van der Waals surface area (Å²) in [4.78, 5) is 14.8. The Balaban J connectivity index is 0.00000210. The summed E-state index contributed by atoms with van der Waals surface area (Å²) in [6, 6.07) is 18.5. The Hall–Kier alpha value is -1.14. The van der Waals surface area contributed by atoms with E-state index in [-0.39, 0.29) is 30.3 Å². The number of benzene rings is 2. The van der Waals surface area contributed by atoms with Gasteiger partial charge in [-0.1, -0.05) is 42.5 Å². The van der Waals surface area contributed by atoms with Crippen LogP contribution in [-0.2, 0) is 0 Å². The van der Waals surface area contributed by atoms with Crippen LogP contribution in [0.5, 0.6) is 0 Å². The summed E-state index contributed by atoms with van der Waals surface area (Å²) in [7, 11) is 0. The first-order valence-corrected chi connectivity index (χ1v) is 11.2. The van der Waals surface area contributed by atoms with E-state index in [9.17, 15) is 4.79 Å². The third kappa shape index (κ3) is 4.65. The Morgan fingerprint density at radius 2 is 1.59 bits per heavy atom. The molecule has 0 unspecified atom stereocenters. The lowest BCUT2D eigenvalue weighted by molar-refractivity contribution is 0.0789. The van der Waals surface area contributed by atoms with Gasteiger partial charge in [-0.15, -0.1) is 35.9 Å². The first kappa shape index (κ1) is 20.6. The van der Waals surface area contributed by atoms with Gasteiger partial charge in [0.05, 0.1) is 4.58 Å². The van der Waals surface area contributed by atoms with Gasteiger partial charge >= 0.3 is 0 Å². The van der Waals surface area contributed by atoms with Crippen LogP contribution >= 0.6 is 35.9 Å². The van der Waals surface area contributed by atoms with Crippen molar-refractivity contribution in [1.29, 1.82) is 0 Å². The van der Waals surface area contributed by atoms with E-state index >= 15 is 0 Å². The molecule has 4 rings (SSSR count). The smallest absolute Gasteiger partial charge is 0.253 e. The number of hydrogen-bond acceptors (Lipinski definition) is 4. The Bertz CT molecular complexity index is 751. The van der Waals surface area contributed by atoms with Crippen molar-refractivity contribution in [2.24, 2.45) is 5.73 Å². The van der Waals surface area contributed by atoms with Gasteiger partial charge in [0.15, 0.2) is 0 Å². The summed E-state index contributed by atoms with van der Waals surface area (Å²) >= 11 is 4.01. The predicted octanol–water partition coefficient (Wildman–Crippen LogP) is 4.54. The standard InChI is InChI=1S/C21H24N2OS2.ClH/c22-19-14-23(13-18(19)15-5-2-1-3-6-15)20(24)16-7-9-17(10-8-16)21-25-11-4-12-26-21;/h1-3,5-10,18-19,21H,4,11-14,22H2;1H/t18-,19+;/m0./s1. The fourth-order valence-electron chi connectivity index (χ4n) is 3.69. The number of hydrogen-bond donors (Lipinski definition) is 1. The van der Waals surface area contributed by atoms with Crippen LogP contribution in [-0.4, -0.2) is 41.4 Å². The second kappa shape index (κ2) is 9.37. The predicted molar refractivity (Wildman–Crippen MR) is 119 cm³/mol. The van der Waals surface area contributed by atoms with Gasteiger partial charge in [0.2, 0.25) is 0 Å². The summed E-state index contributed by atoms with van der Waals surface area (Å²) in [6.07, 6.45) is 1.29. The summed E-state index contributed by atoms with van der Waals surface area (Å²) in [5.74, 6) is 2.76. The van der Waals surface area contributed by atoms with E-state index in [0.29, 0.717) is 17.7 Å². The van der Waals surface area contributed by atoms with E-state index in [4.69, 9.17) is 5.73 Å². The zero-order valence-corrected chi connectivity index (χ0v) is 17.6. The van der Waals surface area contributed by atoms with E-state index in [2.05, 4.69) is 24.3 Å². The lowest BCUT2D eigenvalue weighted by Crippen LogP contribution is -2.32. The number of nitrogens with two attached hydrogens (primary N) is 1. The molecule has 2 aliphatic rings. The minimum Gasteiger partial charge on any atom is -0.336 e.